The molecule has 0 aromatic rings. The van der Waals surface area contributed by atoms with Gasteiger partial charge in [-0.25, -0.2) is 0 Å². The van der Waals surface area contributed by atoms with Crippen molar-refractivity contribution in [2.24, 2.45) is 0 Å². The molecule has 0 amide bonds. The molecular weight excluding hydrogens is 300 g/mol. The van der Waals surface area contributed by atoms with Gasteiger partial charge in [0.1, 0.15) is 0 Å². The lowest BCUT2D eigenvalue weighted by Gasteiger charge is -2.45. The Labute approximate surface area is 148 Å². The third-order valence-electron chi connectivity index (χ3n) is 6.20. The van der Waals surface area contributed by atoms with Gasteiger partial charge in [-0.3, -0.25) is 4.90 Å². The molecule has 3 rings (SSSR count). The Bertz CT molecular complexity index is 342. The fourth-order valence-corrected chi connectivity index (χ4v) is 4.78. The fourth-order valence-electron chi connectivity index (χ4n) is 4.78. The summed E-state index contributed by atoms with van der Waals surface area (Å²) in [4.78, 5) is 5.38. The van der Waals surface area contributed by atoms with E-state index in [0.29, 0.717) is 24.3 Å². The first-order valence-electron chi connectivity index (χ1n) is 10.4. The minimum Gasteiger partial charge on any atom is -0.378 e. The van der Waals surface area contributed by atoms with E-state index in [1.165, 1.54) is 77.5 Å². The second-order valence-corrected chi connectivity index (χ2v) is 8.25. The Hall–Kier alpha value is -0.160. The predicted molar refractivity (Wildman–Crippen MR) is 98.5 cm³/mol. The van der Waals surface area contributed by atoms with E-state index >= 15 is 0 Å². The molecule has 3 aliphatic rings. The molecule has 3 heterocycles. The second-order valence-electron chi connectivity index (χ2n) is 8.25. The Kier molecular flexibility index (Phi) is 7.38. The number of nitrogens with zero attached hydrogens (tertiary/aromatic N) is 2. The largest absolute Gasteiger partial charge is 0.378 e. The Balaban J connectivity index is 1.38. The molecule has 3 saturated heterocycles. The van der Waals surface area contributed by atoms with E-state index in [0.717, 1.165) is 13.2 Å². The van der Waals surface area contributed by atoms with E-state index < -0.39 is 0 Å². The Morgan fingerprint density at radius 3 is 1.79 bits per heavy atom. The van der Waals surface area contributed by atoms with Gasteiger partial charge in [0.05, 0.1) is 12.2 Å². The fraction of sp³-hybridized carbons (Fsp3) is 1.00. The average molecular weight is 339 g/mol. The lowest BCUT2D eigenvalue weighted by atomic mass is 10.0. The van der Waals surface area contributed by atoms with E-state index in [-0.39, 0.29) is 0 Å². The number of hydrogen-bond donors (Lipinski definition) is 0. The maximum Gasteiger partial charge on any atom is 0.0587 e. The van der Waals surface area contributed by atoms with Crippen molar-refractivity contribution in [1.29, 1.82) is 0 Å². The van der Waals surface area contributed by atoms with Gasteiger partial charge in [-0.15, -0.1) is 0 Å². The molecule has 2 unspecified atom stereocenters. The van der Waals surface area contributed by atoms with E-state index in [2.05, 4.69) is 23.6 Å². The summed E-state index contributed by atoms with van der Waals surface area (Å²) in [6, 6.07) is 1.31. The van der Waals surface area contributed by atoms with Crippen LogP contribution in [0.4, 0.5) is 0 Å². The average Bonchev–Trinajstić information content (AvgIpc) is 2.61. The molecule has 0 N–H and O–H groups in total. The Morgan fingerprint density at radius 2 is 1.29 bits per heavy atom. The van der Waals surface area contributed by atoms with Crippen LogP contribution in [0.25, 0.3) is 0 Å². The van der Waals surface area contributed by atoms with Crippen LogP contribution in [0.2, 0.25) is 0 Å². The molecule has 0 aromatic carbocycles. The Morgan fingerprint density at radius 1 is 0.750 bits per heavy atom. The molecule has 140 valence electrons. The van der Waals surface area contributed by atoms with Crippen LogP contribution in [-0.4, -0.2) is 73.5 Å². The highest BCUT2D eigenvalue weighted by Gasteiger charge is 2.30. The summed E-state index contributed by atoms with van der Waals surface area (Å²) in [6.07, 6.45) is 11.2. The maximum atomic E-state index is 5.92. The minimum absolute atomic E-state index is 0.514. The summed E-state index contributed by atoms with van der Waals surface area (Å²) in [5, 5.41) is 0. The number of rotatable bonds is 6. The zero-order valence-corrected chi connectivity index (χ0v) is 15.9. The van der Waals surface area contributed by atoms with Crippen molar-refractivity contribution in [3.63, 3.8) is 0 Å². The maximum absolute atomic E-state index is 5.92. The van der Waals surface area contributed by atoms with Crippen molar-refractivity contribution in [2.45, 2.75) is 89.5 Å². The third kappa shape index (κ3) is 5.42. The first-order valence-corrected chi connectivity index (χ1v) is 10.4. The van der Waals surface area contributed by atoms with E-state index in [9.17, 15) is 0 Å². The standard InChI is InChI=1S/C20H38N2O2/c1-17-15-21(11-9-19-7-3-5-13-23-19)16-18(2)22(17)12-10-20-8-4-6-14-24-20/h17-20H,3-16H2,1-2H3/t17-,18+,19?,20?. The molecular formula is C20H38N2O2. The van der Waals surface area contributed by atoms with Crippen LogP contribution in [0, 0.1) is 0 Å². The molecule has 3 fully saturated rings. The monoisotopic (exact) mass is 338 g/mol. The van der Waals surface area contributed by atoms with Crippen molar-refractivity contribution in [3.8, 4) is 0 Å². The highest BCUT2D eigenvalue weighted by atomic mass is 16.5. The molecule has 4 heteroatoms. The van der Waals surface area contributed by atoms with Gasteiger partial charge in [0.2, 0.25) is 0 Å². The van der Waals surface area contributed by atoms with Crippen molar-refractivity contribution >= 4 is 0 Å². The van der Waals surface area contributed by atoms with Gasteiger partial charge in [0.25, 0.3) is 0 Å². The number of piperazine rings is 1. The highest BCUT2D eigenvalue weighted by molar-refractivity contribution is 4.86. The second kappa shape index (κ2) is 9.51. The van der Waals surface area contributed by atoms with Crippen LogP contribution in [-0.2, 0) is 9.47 Å². The van der Waals surface area contributed by atoms with Crippen molar-refractivity contribution in [1.82, 2.24) is 9.80 Å². The molecule has 0 aromatic heterocycles. The number of ether oxygens (including phenoxy) is 2. The lowest BCUT2D eigenvalue weighted by molar-refractivity contribution is -0.0212. The predicted octanol–water partition coefficient (Wildman–Crippen LogP) is 3.30. The smallest absolute Gasteiger partial charge is 0.0587 e. The van der Waals surface area contributed by atoms with E-state index in [1.54, 1.807) is 0 Å². The molecule has 4 nitrogen and oxygen atoms in total. The van der Waals surface area contributed by atoms with Crippen LogP contribution in [0.3, 0.4) is 0 Å². The summed E-state index contributed by atoms with van der Waals surface area (Å²) in [6.45, 7) is 11.6. The van der Waals surface area contributed by atoms with Gasteiger partial charge in [-0.1, -0.05) is 0 Å². The van der Waals surface area contributed by atoms with Crippen LogP contribution < -0.4 is 0 Å². The minimum atomic E-state index is 0.514. The van der Waals surface area contributed by atoms with Crippen molar-refractivity contribution in [3.05, 3.63) is 0 Å². The van der Waals surface area contributed by atoms with Crippen LogP contribution in [0.1, 0.15) is 65.2 Å². The molecule has 0 radical (unpaired) electrons. The van der Waals surface area contributed by atoms with Crippen molar-refractivity contribution in [2.75, 3.05) is 39.4 Å². The zero-order valence-electron chi connectivity index (χ0n) is 15.9. The van der Waals surface area contributed by atoms with E-state index in [1.807, 2.05) is 0 Å². The van der Waals surface area contributed by atoms with Crippen molar-refractivity contribution < 1.29 is 9.47 Å². The molecule has 0 aliphatic carbocycles. The quantitative estimate of drug-likeness (QED) is 0.742. The van der Waals surface area contributed by atoms with Crippen LogP contribution in [0.5, 0.6) is 0 Å². The highest BCUT2D eigenvalue weighted by Crippen LogP contribution is 2.22. The molecule has 0 bridgehead atoms. The number of hydrogen-bond acceptors (Lipinski definition) is 4. The third-order valence-corrected chi connectivity index (χ3v) is 6.20. The van der Waals surface area contributed by atoms with Gasteiger partial charge in [-0.2, -0.15) is 0 Å². The van der Waals surface area contributed by atoms with E-state index in [4.69, 9.17) is 9.47 Å². The van der Waals surface area contributed by atoms with Gasteiger partial charge in [0.15, 0.2) is 0 Å². The van der Waals surface area contributed by atoms with Gasteiger partial charge < -0.3 is 14.4 Å². The van der Waals surface area contributed by atoms with Gasteiger partial charge in [0, 0.05) is 51.5 Å². The summed E-state index contributed by atoms with van der Waals surface area (Å²) >= 11 is 0. The normalized spacial score (nSPS) is 36.8. The molecule has 0 saturated carbocycles. The molecule has 4 atom stereocenters. The summed E-state index contributed by atoms with van der Waals surface area (Å²) in [7, 11) is 0. The summed E-state index contributed by atoms with van der Waals surface area (Å²) in [5.41, 5.74) is 0. The zero-order chi connectivity index (χ0) is 16.8. The van der Waals surface area contributed by atoms with Crippen LogP contribution >= 0.6 is 0 Å². The topological polar surface area (TPSA) is 24.9 Å². The van der Waals surface area contributed by atoms with Gasteiger partial charge in [-0.05, 0) is 65.2 Å². The SMILES string of the molecule is C[C@@H]1CN(CCC2CCCCO2)C[C@H](C)N1CCC1CCCCO1. The first kappa shape index (κ1) is 18.6. The van der Waals surface area contributed by atoms with Crippen LogP contribution in [0.15, 0.2) is 0 Å². The van der Waals surface area contributed by atoms with Gasteiger partial charge >= 0.3 is 0 Å². The summed E-state index contributed by atoms with van der Waals surface area (Å²) in [5.74, 6) is 0. The summed E-state index contributed by atoms with van der Waals surface area (Å²) < 4.78 is 11.8. The molecule has 3 aliphatic heterocycles. The molecule has 0 spiro atoms. The molecule has 24 heavy (non-hydrogen) atoms. The lowest BCUT2D eigenvalue weighted by Crippen LogP contribution is -2.57. The first-order chi connectivity index (χ1) is 11.7.